The number of ether oxygens (including phenoxy) is 1. The lowest BCUT2D eigenvalue weighted by atomic mass is 9.91. The summed E-state index contributed by atoms with van der Waals surface area (Å²) in [6, 6.07) is 3.83. The second-order valence-corrected chi connectivity index (χ2v) is 8.56. The first-order chi connectivity index (χ1) is 13.1. The number of aromatic nitrogens is 2. The molecule has 0 spiro atoms. The van der Waals surface area contributed by atoms with Crippen molar-refractivity contribution in [3.8, 4) is 22.8 Å². The molecule has 1 saturated heterocycles. The standard InChI is InChI=1S/C21H23N3O2S/c1-12-18(15-5-6-17-14(20(15)25)7-9-26-17)22-23-19-16(11-27-21(12)19)13-4-3-8-24(2)10-13/h5-6,11,13,25H,3-4,7-10H2,1-2H3/t13-/m1/s1. The van der Waals surface area contributed by atoms with Crippen molar-refractivity contribution in [2.75, 3.05) is 26.7 Å². The zero-order valence-electron chi connectivity index (χ0n) is 15.7. The molecule has 0 radical (unpaired) electrons. The maximum Gasteiger partial charge on any atom is 0.132 e. The molecule has 1 atom stereocenters. The van der Waals surface area contributed by atoms with Gasteiger partial charge in [-0.05, 0) is 67.9 Å². The number of hydrogen-bond donors (Lipinski definition) is 1. The molecule has 2 aromatic heterocycles. The van der Waals surface area contributed by atoms with Gasteiger partial charge >= 0.3 is 0 Å². The van der Waals surface area contributed by atoms with Crippen molar-refractivity contribution in [3.63, 3.8) is 0 Å². The van der Waals surface area contributed by atoms with E-state index in [0.717, 1.165) is 46.6 Å². The van der Waals surface area contributed by atoms with E-state index in [1.807, 2.05) is 12.1 Å². The van der Waals surface area contributed by atoms with Gasteiger partial charge in [-0.3, -0.25) is 0 Å². The Hall–Kier alpha value is -2.18. The Labute approximate surface area is 162 Å². The van der Waals surface area contributed by atoms with Crippen LogP contribution in [0.3, 0.4) is 0 Å². The number of piperidine rings is 1. The lowest BCUT2D eigenvalue weighted by Crippen LogP contribution is -2.30. The summed E-state index contributed by atoms with van der Waals surface area (Å²) in [6.07, 6.45) is 3.18. The van der Waals surface area contributed by atoms with Crippen LogP contribution in [0, 0.1) is 6.92 Å². The van der Waals surface area contributed by atoms with Crippen LogP contribution in [-0.2, 0) is 6.42 Å². The van der Waals surface area contributed by atoms with E-state index in [1.165, 1.54) is 29.6 Å². The number of thiophene rings is 1. The highest BCUT2D eigenvalue weighted by atomic mass is 32.1. The molecule has 1 N–H and O–H groups in total. The monoisotopic (exact) mass is 381 g/mol. The third-order valence-electron chi connectivity index (χ3n) is 5.91. The lowest BCUT2D eigenvalue weighted by molar-refractivity contribution is 0.251. The summed E-state index contributed by atoms with van der Waals surface area (Å²) in [5.74, 6) is 1.60. The second-order valence-electron chi connectivity index (χ2n) is 7.68. The van der Waals surface area contributed by atoms with Gasteiger partial charge in [-0.15, -0.1) is 21.5 Å². The summed E-state index contributed by atoms with van der Waals surface area (Å²) in [5, 5.41) is 22.2. The molecular weight excluding hydrogens is 358 g/mol. The molecule has 0 saturated carbocycles. The fourth-order valence-electron chi connectivity index (χ4n) is 4.43. The van der Waals surface area contributed by atoms with Crippen LogP contribution in [0.15, 0.2) is 17.5 Å². The Kier molecular flexibility index (Phi) is 4.06. The second kappa shape index (κ2) is 6.46. The number of fused-ring (bicyclic) bond motifs is 2. The van der Waals surface area contributed by atoms with E-state index in [4.69, 9.17) is 4.74 Å². The molecular formula is C21H23N3O2S. The molecule has 4 heterocycles. The molecule has 27 heavy (non-hydrogen) atoms. The maximum absolute atomic E-state index is 10.7. The predicted molar refractivity (Wildman–Crippen MR) is 108 cm³/mol. The molecule has 5 rings (SSSR count). The van der Waals surface area contributed by atoms with Crippen molar-refractivity contribution in [2.24, 2.45) is 0 Å². The van der Waals surface area contributed by atoms with Gasteiger partial charge in [0.15, 0.2) is 0 Å². The van der Waals surface area contributed by atoms with Gasteiger partial charge < -0.3 is 14.7 Å². The SMILES string of the molecule is Cc1c(-c2ccc3c(c2O)CCO3)nnc2c([C@@H]3CCCN(C)C3)csc12. The summed E-state index contributed by atoms with van der Waals surface area (Å²) in [5.41, 5.74) is 5.85. The van der Waals surface area contributed by atoms with Crippen LogP contribution in [0.25, 0.3) is 21.5 Å². The van der Waals surface area contributed by atoms with Crippen molar-refractivity contribution in [2.45, 2.75) is 32.1 Å². The molecule has 2 aliphatic rings. The van der Waals surface area contributed by atoms with Crippen molar-refractivity contribution in [3.05, 3.63) is 34.2 Å². The highest BCUT2D eigenvalue weighted by molar-refractivity contribution is 7.17. The van der Waals surface area contributed by atoms with Crippen LogP contribution in [0.4, 0.5) is 0 Å². The summed E-state index contributed by atoms with van der Waals surface area (Å²) < 4.78 is 6.73. The number of benzene rings is 1. The van der Waals surface area contributed by atoms with Crippen LogP contribution in [0.2, 0.25) is 0 Å². The number of phenolic OH excluding ortho intramolecular Hbond substituents is 1. The van der Waals surface area contributed by atoms with Gasteiger partial charge in [0.05, 0.1) is 11.3 Å². The van der Waals surface area contributed by atoms with Gasteiger partial charge in [-0.2, -0.15) is 0 Å². The Bertz CT molecular complexity index is 1030. The smallest absolute Gasteiger partial charge is 0.132 e. The highest BCUT2D eigenvalue weighted by Crippen LogP contribution is 2.43. The first-order valence-electron chi connectivity index (χ1n) is 9.54. The number of nitrogens with zero attached hydrogens (tertiary/aromatic N) is 3. The van der Waals surface area contributed by atoms with Crippen molar-refractivity contribution in [1.82, 2.24) is 15.1 Å². The topological polar surface area (TPSA) is 58.5 Å². The first kappa shape index (κ1) is 17.0. The van der Waals surface area contributed by atoms with Gasteiger partial charge in [0.1, 0.15) is 22.7 Å². The Morgan fingerprint density at radius 1 is 1.30 bits per heavy atom. The maximum atomic E-state index is 10.7. The van der Waals surface area contributed by atoms with Gasteiger partial charge in [0.2, 0.25) is 0 Å². The highest BCUT2D eigenvalue weighted by Gasteiger charge is 2.25. The van der Waals surface area contributed by atoms with Crippen LogP contribution in [0.5, 0.6) is 11.5 Å². The molecule has 1 fully saturated rings. The minimum atomic E-state index is 0.285. The number of hydrogen-bond acceptors (Lipinski definition) is 6. The number of rotatable bonds is 2. The minimum absolute atomic E-state index is 0.285. The minimum Gasteiger partial charge on any atom is -0.507 e. The Morgan fingerprint density at radius 2 is 2.19 bits per heavy atom. The van der Waals surface area contributed by atoms with Crippen LogP contribution >= 0.6 is 11.3 Å². The fourth-order valence-corrected chi connectivity index (χ4v) is 5.52. The quantitative estimate of drug-likeness (QED) is 0.724. The van der Waals surface area contributed by atoms with E-state index in [1.54, 1.807) is 11.3 Å². The summed E-state index contributed by atoms with van der Waals surface area (Å²) in [6.45, 7) is 4.97. The molecule has 0 unspecified atom stereocenters. The molecule has 6 heteroatoms. The molecule has 3 aromatic rings. The third-order valence-corrected chi connectivity index (χ3v) is 7.01. The van der Waals surface area contributed by atoms with E-state index >= 15 is 0 Å². The van der Waals surface area contributed by atoms with Crippen molar-refractivity contribution >= 4 is 21.6 Å². The third kappa shape index (κ3) is 2.70. The van der Waals surface area contributed by atoms with E-state index in [2.05, 4.69) is 34.4 Å². The van der Waals surface area contributed by atoms with E-state index in [9.17, 15) is 5.11 Å². The summed E-state index contributed by atoms with van der Waals surface area (Å²) in [4.78, 5) is 2.40. The molecule has 0 bridgehead atoms. The number of likely N-dealkylation sites (N-methyl/N-ethyl adjacent to an activating group) is 1. The first-order valence-corrected chi connectivity index (χ1v) is 10.4. The number of aromatic hydroxyl groups is 1. The van der Waals surface area contributed by atoms with E-state index in [0.29, 0.717) is 12.5 Å². The van der Waals surface area contributed by atoms with Gasteiger partial charge in [-0.1, -0.05) is 0 Å². The van der Waals surface area contributed by atoms with Crippen molar-refractivity contribution < 1.29 is 9.84 Å². The lowest BCUT2D eigenvalue weighted by Gasteiger charge is -2.29. The fraction of sp³-hybridized carbons (Fsp3) is 0.429. The van der Waals surface area contributed by atoms with Gasteiger partial charge in [-0.25, -0.2) is 0 Å². The number of phenols is 1. The number of aryl methyl sites for hydroxylation is 1. The van der Waals surface area contributed by atoms with Gasteiger partial charge in [0.25, 0.3) is 0 Å². The summed E-state index contributed by atoms with van der Waals surface area (Å²) >= 11 is 1.75. The molecule has 140 valence electrons. The van der Waals surface area contributed by atoms with Crippen LogP contribution < -0.4 is 4.74 Å². The van der Waals surface area contributed by atoms with Gasteiger partial charge in [0, 0.05) is 24.1 Å². The average Bonchev–Trinajstić information content (AvgIpc) is 3.30. The molecule has 1 aromatic carbocycles. The predicted octanol–water partition coefficient (Wildman–Crippen LogP) is 4.12. The van der Waals surface area contributed by atoms with E-state index in [-0.39, 0.29) is 5.75 Å². The van der Waals surface area contributed by atoms with E-state index < -0.39 is 0 Å². The van der Waals surface area contributed by atoms with Crippen molar-refractivity contribution in [1.29, 1.82) is 0 Å². The summed E-state index contributed by atoms with van der Waals surface area (Å²) in [7, 11) is 2.19. The Morgan fingerprint density at radius 3 is 3.04 bits per heavy atom. The van der Waals surface area contributed by atoms with Crippen LogP contribution in [0.1, 0.15) is 35.4 Å². The normalized spacial score (nSPS) is 20.0. The number of likely N-dealkylation sites (tertiary alicyclic amines) is 1. The average molecular weight is 382 g/mol. The zero-order valence-corrected chi connectivity index (χ0v) is 16.5. The molecule has 5 nitrogen and oxygen atoms in total. The zero-order chi connectivity index (χ0) is 18.5. The van der Waals surface area contributed by atoms with Crippen LogP contribution in [-0.4, -0.2) is 46.9 Å². The Balaban J connectivity index is 1.59. The molecule has 0 aliphatic carbocycles. The molecule has 0 amide bonds. The largest absolute Gasteiger partial charge is 0.507 e. The molecule has 2 aliphatic heterocycles.